The molecule has 0 saturated carbocycles. The zero-order valence-electron chi connectivity index (χ0n) is 27.2. The van der Waals surface area contributed by atoms with E-state index in [2.05, 4.69) is 173 Å². The Bertz CT molecular complexity index is 2930. The Kier molecular flexibility index (Phi) is 6.05. The number of aromatic nitrogens is 5. The molecule has 0 aliphatic heterocycles. The summed E-state index contributed by atoms with van der Waals surface area (Å²) in [5, 5.41) is 7.23. The van der Waals surface area contributed by atoms with Gasteiger partial charge in [-0.3, -0.25) is 9.13 Å². The van der Waals surface area contributed by atoms with Crippen LogP contribution in [0.4, 0.5) is 0 Å². The maximum atomic E-state index is 5.28. The lowest BCUT2D eigenvalue weighted by Crippen LogP contribution is -2.10. The molecule has 4 heterocycles. The minimum Gasteiger partial charge on any atom is -0.278 e. The van der Waals surface area contributed by atoms with Crippen LogP contribution in [0.3, 0.4) is 0 Å². The first-order valence-corrected chi connectivity index (χ1v) is 17.9. The molecular formula is C45H27N5S. The number of nitrogens with zero attached hydrogens (tertiary/aromatic N) is 5. The van der Waals surface area contributed by atoms with Crippen LogP contribution in [0, 0.1) is 0 Å². The van der Waals surface area contributed by atoms with Gasteiger partial charge in [0.2, 0.25) is 11.9 Å². The number of rotatable bonds is 4. The minimum absolute atomic E-state index is 0.575. The average Bonchev–Trinajstić information content (AvgIpc) is 3.85. The highest BCUT2D eigenvalue weighted by molar-refractivity contribution is 7.25. The maximum absolute atomic E-state index is 5.28. The Morgan fingerprint density at radius 3 is 1.35 bits per heavy atom. The number of thiophene rings is 1. The van der Waals surface area contributed by atoms with Gasteiger partial charge in [0.15, 0.2) is 5.82 Å². The molecule has 6 heteroatoms. The first kappa shape index (κ1) is 28.2. The standard InChI is InChI=1S/C45H27N5S/c1-6-19-37-31(14-1)32-15-2-7-20-38(32)49(37)44-46-43(47-45(48-44)50-39-21-8-3-16-33(39)34-17-4-9-22-40(34)50)30-13-11-12-28(26-30)29-24-25-36-35-18-5-10-23-41(35)51-42(36)27-29/h1-27H. The fourth-order valence-electron chi connectivity index (χ4n) is 7.70. The van der Waals surface area contributed by atoms with Crippen LogP contribution < -0.4 is 0 Å². The van der Waals surface area contributed by atoms with E-state index in [0.29, 0.717) is 17.7 Å². The molecular weight excluding hydrogens is 643 g/mol. The Hall–Kier alpha value is -6.63. The van der Waals surface area contributed by atoms with Crippen LogP contribution >= 0.6 is 11.3 Å². The predicted octanol–water partition coefficient (Wildman–Crippen LogP) is 11.8. The molecule has 0 spiro atoms. The molecule has 0 bridgehead atoms. The molecule has 5 nitrogen and oxygen atoms in total. The van der Waals surface area contributed by atoms with E-state index in [4.69, 9.17) is 15.0 Å². The van der Waals surface area contributed by atoms with Crippen molar-refractivity contribution in [3.05, 3.63) is 164 Å². The molecule has 0 radical (unpaired) electrons. The normalized spacial score (nSPS) is 11.9. The van der Waals surface area contributed by atoms with Crippen molar-refractivity contribution < 1.29 is 0 Å². The van der Waals surface area contributed by atoms with E-state index in [-0.39, 0.29) is 0 Å². The van der Waals surface area contributed by atoms with Crippen LogP contribution in [0.2, 0.25) is 0 Å². The van der Waals surface area contributed by atoms with Crippen LogP contribution in [0.5, 0.6) is 0 Å². The van der Waals surface area contributed by atoms with Gasteiger partial charge in [0, 0.05) is 47.3 Å². The van der Waals surface area contributed by atoms with Gasteiger partial charge < -0.3 is 0 Å². The Labute approximate surface area is 296 Å². The largest absolute Gasteiger partial charge is 0.278 e. The number of hydrogen-bond donors (Lipinski definition) is 0. The average molecular weight is 670 g/mol. The van der Waals surface area contributed by atoms with E-state index in [9.17, 15) is 0 Å². The second kappa shape index (κ2) is 10.9. The Balaban J connectivity index is 1.17. The quantitative estimate of drug-likeness (QED) is 0.187. The first-order chi connectivity index (χ1) is 25.3. The Morgan fingerprint density at radius 1 is 0.333 bits per heavy atom. The molecule has 0 fully saturated rings. The summed E-state index contributed by atoms with van der Waals surface area (Å²) in [4.78, 5) is 15.8. The molecule has 0 aliphatic rings. The lowest BCUT2D eigenvalue weighted by molar-refractivity contribution is 0.893. The zero-order chi connectivity index (χ0) is 33.5. The van der Waals surface area contributed by atoms with Gasteiger partial charge in [0.25, 0.3) is 0 Å². The van der Waals surface area contributed by atoms with Gasteiger partial charge in [-0.15, -0.1) is 11.3 Å². The van der Waals surface area contributed by atoms with Crippen molar-refractivity contribution in [2.75, 3.05) is 0 Å². The van der Waals surface area contributed by atoms with Crippen molar-refractivity contribution >= 4 is 75.1 Å². The van der Waals surface area contributed by atoms with E-state index in [1.807, 2.05) is 11.3 Å². The molecule has 0 saturated heterocycles. The summed E-state index contributed by atoms with van der Waals surface area (Å²) in [6.45, 7) is 0. The van der Waals surface area contributed by atoms with Crippen LogP contribution in [0.1, 0.15) is 0 Å². The molecule has 0 amide bonds. The lowest BCUT2D eigenvalue weighted by atomic mass is 10.0. The SMILES string of the molecule is c1cc(-c2ccc3c(c2)sc2ccccc23)cc(-c2nc(-n3c4ccccc4c4ccccc43)nc(-n3c4ccccc4c4ccccc43)n2)c1. The second-order valence-electron chi connectivity index (χ2n) is 12.9. The van der Waals surface area contributed by atoms with Crippen molar-refractivity contribution in [1.82, 2.24) is 24.1 Å². The van der Waals surface area contributed by atoms with Crippen molar-refractivity contribution in [3.63, 3.8) is 0 Å². The van der Waals surface area contributed by atoms with Crippen molar-refractivity contribution in [2.45, 2.75) is 0 Å². The second-order valence-corrected chi connectivity index (χ2v) is 14.0. The van der Waals surface area contributed by atoms with Crippen LogP contribution in [0.25, 0.3) is 98.2 Å². The topological polar surface area (TPSA) is 48.5 Å². The summed E-state index contributed by atoms with van der Waals surface area (Å²) in [5.74, 6) is 1.77. The molecule has 11 rings (SSSR count). The third kappa shape index (κ3) is 4.30. The smallest absolute Gasteiger partial charge is 0.240 e. The van der Waals surface area contributed by atoms with Crippen LogP contribution in [0.15, 0.2) is 164 Å². The maximum Gasteiger partial charge on any atom is 0.240 e. The van der Waals surface area contributed by atoms with Crippen LogP contribution in [-0.2, 0) is 0 Å². The summed E-state index contributed by atoms with van der Waals surface area (Å²) in [7, 11) is 0. The molecule has 51 heavy (non-hydrogen) atoms. The van der Waals surface area contributed by atoms with E-state index < -0.39 is 0 Å². The third-order valence-corrected chi connectivity index (χ3v) is 11.1. The fourth-order valence-corrected chi connectivity index (χ4v) is 8.85. The molecule has 4 aromatic heterocycles. The highest BCUT2D eigenvalue weighted by atomic mass is 32.1. The van der Waals surface area contributed by atoms with E-state index in [1.165, 1.54) is 20.2 Å². The summed E-state index contributed by atoms with van der Waals surface area (Å²) in [6.07, 6.45) is 0. The molecule has 0 N–H and O–H groups in total. The minimum atomic E-state index is 0.575. The number of para-hydroxylation sites is 4. The zero-order valence-corrected chi connectivity index (χ0v) is 28.0. The third-order valence-electron chi connectivity index (χ3n) is 10.0. The van der Waals surface area contributed by atoms with Crippen molar-refractivity contribution in [3.8, 4) is 34.4 Å². The molecule has 238 valence electrons. The van der Waals surface area contributed by atoms with Gasteiger partial charge in [-0.05, 0) is 53.6 Å². The highest BCUT2D eigenvalue weighted by Gasteiger charge is 2.20. The highest BCUT2D eigenvalue weighted by Crippen LogP contribution is 2.38. The van der Waals surface area contributed by atoms with Gasteiger partial charge in [0.05, 0.1) is 22.1 Å². The predicted molar refractivity (Wildman–Crippen MR) is 212 cm³/mol. The van der Waals surface area contributed by atoms with E-state index in [1.54, 1.807) is 0 Å². The van der Waals surface area contributed by atoms with E-state index >= 15 is 0 Å². The fraction of sp³-hybridized carbons (Fsp3) is 0. The monoisotopic (exact) mass is 669 g/mol. The number of fused-ring (bicyclic) bond motifs is 9. The van der Waals surface area contributed by atoms with Crippen molar-refractivity contribution in [2.24, 2.45) is 0 Å². The van der Waals surface area contributed by atoms with Gasteiger partial charge in [-0.2, -0.15) is 15.0 Å². The molecule has 11 aromatic rings. The summed E-state index contributed by atoms with van der Waals surface area (Å²) < 4.78 is 6.93. The van der Waals surface area contributed by atoms with E-state index in [0.717, 1.165) is 60.3 Å². The summed E-state index contributed by atoms with van der Waals surface area (Å²) >= 11 is 1.84. The first-order valence-electron chi connectivity index (χ1n) is 17.0. The van der Waals surface area contributed by atoms with Crippen LogP contribution in [-0.4, -0.2) is 24.1 Å². The van der Waals surface area contributed by atoms with Gasteiger partial charge >= 0.3 is 0 Å². The molecule has 0 atom stereocenters. The summed E-state index contributed by atoms with van der Waals surface area (Å²) in [6, 6.07) is 57.9. The Morgan fingerprint density at radius 2 is 0.784 bits per heavy atom. The van der Waals surface area contributed by atoms with Crippen molar-refractivity contribution in [1.29, 1.82) is 0 Å². The van der Waals surface area contributed by atoms with Gasteiger partial charge in [-0.1, -0.05) is 121 Å². The molecule has 0 unspecified atom stereocenters. The number of hydrogen-bond acceptors (Lipinski definition) is 4. The van der Waals surface area contributed by atoms with Gasteiger partial charge in [0.1, 0.15) is 0 Å². The molecule has 0 aliphatic carbocycles. The van der Waals surface area contributed by atoms with Gasteiger partial charge in [-0.25, -0.2) is 0 Å². The molecule has 7 aromatic carbocycles. The number of benzene rings is 7. The summed E-state index contributed by atoms with van der Waals surface area (Å²) in [5.41, 5.74) is 7.40. The lowest BCUT2D eigenvalue weighted by Gasteiger charge is -2.13.